The molecule has 1 aromatic carbocycles. The van der Waals surface area contributed by atoms with Crippen LogP contribution < -0.4 is 21.3 Å². The smallest absolute Gasteiger partial charge is 0.313 e. The molecule has 1 aliphatic carbocycles. The second kappa shape index (κ2) is 10.6. The SMILES string of the molecule is C[C@@H]1NCCc2nc(C(=O)N[C@@H]3CCCCC[C@H]3NC(=O)C(=O)Nc3ccc(Cl)cc3)sc21. The Kier molecular flexibility index (Phi) is 7.62. The molecule has 0 radical (unpaired) electrons. The van der Waals surface area contributed by atoms with Crippen LogP contribution in [0.4, 0.5) is 5.69 Å². The second-order valence-corrected chi connectivity index (χ2v) is 9.98. The minimum absolute atomic E-state index is 0.192. The highest BCUT2D eigenvalue weighted by molar-refractivity contribution is 7.13. The molecule has 33 heavy (non-hydrogen) atoms. The predicted molar refractivity (Wildman–Crippen MR) is 129 cm³/mol. The lowest BCUT2D eigenvalue weighted by Gasteiger charge is -2.26. The zero-order chi connectivity index (χ0) is 23.4. The molecule has 2 heterocycles. The molecule has 2 aliphatic rings. The molecule has 3 amide bonds. The van der Waals surface area contributed by atoms with Crippen molar-refractivity contribution in [3.63, 3.8) is 0 Å². The van der Waals surface area contributed by atoms with Crippen molar-refractivity contribution in [2.24, 2.45) is 0 Å². The summed E-state index contributed by atoms with van der Waals surface area (Å²) in [7, 11) is 0. The molecule has 8 nitrogen and oxygen atoms in total. The van der Waals surface area contributed by atoms with Gasteiger partial charge >= 0.3 is 11.8 Å². The van der Waals surface area contributed by atoms with E-state index in [0.717, 1.165) is 49.2 Å². The number of thiazole rings is 1. The Bertz CT molecular complexity index is 1030. The maximum absolute atomic E-state index is 13.0. The lowest BCUT2D eigenvalue weighted by atomic mass is 10.0. The molecule has 1 aromatic heterocycles. The molecule has 0 spiro atoms. The van der Waals surface area contributed by atoms with Gasteiger partial charge in [0.05, 0.1) is 5.69 Å². The number of benzene rings is 1. The van der Waals surface area contributed by atoms with Gasteiger partial charge in [0.1, 0.15) is 0 Å². The fourth-order valence-corrected chi connectivity index (χ4v) is 5.48. The summed E-state index contributed by atoms with van der Waals surface area (Å²) in [6.45, 7) is 2.93. The Morgan fingerprint density at radius 3 is 2.42 bits per heavy atom. The first-order chi connectivity index (χ1) is 15.9. The molecule has 1 saturated carbocycles. The average Bonchev–Trinajstić information content (AvgIpc) is 3.13. The molecule has 3 atom stereocenters. The van der Waals surface area contributed by atoms with Crippen LogP contribution in [0.5, 0.6) is 0 Å². The number of carbonyl (C=O) groups is 3. The second-order valence-electron chi connectivity index (χ2n) is 8.51. The van der Waals surface area contributed by atoms with Gasteiger partial charge in [-0.05, 0) is 44.0 Å². The summed E-state index contributed by atoms with van der Waals surface area (Å²) in [6, 6.07) is 6.15. The number of nitrogens with zero attached hydrogens (tertiary/aromatic N) is 1. The summed E-state index contributed by atoms with van der Waals surface area (Å²) in [4.78, 5) is 43.6. The largest absolute Gasteiger partial charge is 0.345 e. The molecule has 1 fully saturated rings. The highest BCUT2D eigenvalue weighted by Gasteiger charge is 2.30. The summed E-state index contributed by atoms with van der Waals surface area (Å²) < 4.78 is 0. The van der Waals surface area contributed by atoms with E-state index < -0.39 is 11.8 Å². The van der Waals surface area contributed by atoms with Crippen LogP contribution >= 0.6 is 22.9 Å². The third-order valence-corrected chi connectivity index (χ3v) is 7.62. The number of rotatable bonds is 4. The first-order valence-corrected chi connectivity index (χ1v) is 12.5. The van der Waals surface area contributed by atoms with Gasteiger partial charge < -0.3 is 21.3 Å². The minimum atomic E-state index is -0.749. The first kappa shape index (κ1) is 23.7. The van der Waals surface area contributed by atoms with Crippen LogP contribution in [0.25, 0.3) is 0 Å². The Labute approximate surface area is 201 Å². The van der Waals surface area contributed by atoms with Crippen molar-refractivity contribution in [1.82, 2.24) is 20.9 Å². The lowest BCUT2D eigenvalue weighted by Crippen LogP contribution is -2.53. The molecule has 10 heteroatoms. The number of halogens is 1. The molecular weight excluding hydrogens is 462 g/mol. The number of hydrogen-bond acceptors (Lipinski definition) is 6. The van der Waals surface area contributed by atoms with Crippen molar-refractivity contribution in [2.45, 2.75) is 63.6 Å². The van der Waals surface area contributed by atoms with Gasteiger partial charge in [0.15, 0.2) is 5.01 Å². The summed E-state index contributed by atoms with van der Waals surface area (Å²) in [5, 5.41) is 12.9. The number of carbonyl (C=O) groups excluding carboxylic acids is 3. The van der Waals surface area contributed by atoms with Gasteiger partial charge in [-0.15, -0.1) is 11.3 Å². The van der Waals surface area contributed by atoms with Crippen molar-refractivity contribution < 1.29 is 14.4 Å². The number of anilines is 1. The number of amides is 3. The third-order valence-electron chi connectivity index (χ3n) is 6.08. The van der Waals surface area contributed by atoms with Crippen LogP contribution in [0.15, 0.2) is 24.3 Å². The molecular formula is C23H28ClN5O3S. The highest BCUT2D eigenvalue weighted by atomic mass is 35.5. The normalized spacial score (nSPS) is 22.5. The van der Waals surface area contributed by atoms with E-state index in [1.807, 2.05) is 0 Å². The van der Waals surface area contributed by atoms with Crippen molar-refractivity contribution in [3.05, 3.63) is 44.9 Å². The van der Waals surface area contributed by atoms with Gasteiger partial charge in [0, 0.05) is 46.7 Å². The molecule has 0 unspecified atom stereocenters. The van der Waals surface area contributed by atoms with E-state index in [4.69, 9.17) is 11.6 Å². The fraction of sp³-hybridized carbons (Fsp3) is 0.478. The van der Waals surface area contributed by atoms with Gasteiger partial charge in [0.2, 0.25) is 0 Å². The highest BCUT2D eigenvalue weighted by Crippen LogP contribution is 2.29. The Morgan fingerprint density at radius 1 is 1.03 bits per heavy atom. The van der Waals surface area contributed by atoms with Gasteiger partial charge in [-0.25, -0.2) is 4.98 Å². The van der Waals surface area contributed by atoms with Gasteiger partial charge in [-0.2, -0.15) is 0 Å². The standard InChI is InChI=1S/C23H28ClN5O3S/c1-13-19-18(11-12-25-13)29-23(33-19)22(32)28-17-6-4-2-3-5-16(17)27-21(31)20(30)26-15-9-7-14(24)8-10-15/h7-10,13,16-17,25H,2-6,11-12H2,1H3,(H,26,30)(H,27,31)(H,28,32)/t13-,16+,17+/m0/s1. The van der Waals surface area contributed by atoms with Crippen LogP contribution in [0.3, 0.4) is 0 Å². The van der Waals surface area contributed by atoms with Gasteiger partial charge in [-0.1, -0.05) is 30.9 Å². The Hall–Kier alpha value is -2.49. The van der Waals surface area contributed by atoms with Gasteiger partial charge in [0.25, 0.3) is 5.91 Å². The molecule has 176 valence electrons. The van der Waals surface area contributed by atoms with E-state index in [1.165, 1.54) is 11.3 Å². The summed E-state index contributed by atoms with van der Waals surface area (Å²) >= 11 is 7.28. The number of fused-ring (bicyclic) bond motifs is 1. The summed E-state index contributed by atoms with van der Waals surface area (Å²) in [5.41, 5.74) is 1.47. The van der Waals surface area contributed by atoms with E-state index in [1.54, 1.807) is 24.3 Å². The molecule has 0 bridgehead atoms. The quantitative estimate of drug-likeness (QED) is 0.389. The van der Waals surface area contributed by atoms with Gasteiger partial charge in [-0.3, -0.25) is 14.4 Å². The fourth-order valence-electron chi connectivity index (χ4n) is 4.32. The predicted octanol–water partition coefficient (Wildman–Crippen LogP) is 3.19. The van der Waals surface area contributed by atoms with Crippen LogP contribution in [0.1, 0.15) is 65.4 Å². The number of aromatic nitrogens is 1. The molecule has 2 aromatic rings. The number of hydrogen-bond donors (Lipinski definition) is 4. The molecule has 4 rings (SSSR count). The van der Waals surface area contributed by atoms with Crippen molar-refractivity contribution in [2.75, 3.05) is 11.9 Å². The maximum Gasteiger partial charge on any atom is 0.313 e. The van der Waals surface area contributed by atoms with E-state index >= 15 is 0 Å². The first-order valence-electron chi connectivity index (χ1n) is 11.3. The van der Waals surface area contributed by atoms with E-state index in [-0.39, 0.29) is 24.0 Å². The Morgan fingerprint density at radius 2 is 1.73 bits per heavy atom. The minimum Gasteiger partial charge on any atom is -0.345 e. The third kappa shape index (κ3) is 5.90. The van der Waals surface area contributed by atoms with Crippen LogP contribution in [-0.4, -0.2) is 41.3 Å². The average molecular weight is 490 g/mol. The summed E-state index contributed by atoms with van der Waals surface area (Å²) in [6.07, 6.45) is 5.13. The van der Waals surface area contributed by atoms with E-state index in [9.17, 15) is 14.4 Å². The van der Waals surface area contributed by atoms with Crippen LogP contribution in [0, 0.1) is 0 Å². The van der Waals surface area contributed by atoms with Crippen molar-refractivity contribution >= 4 is 46.3 Å². The molecule has 4 N–H and O–H groups in total. The summed E-state index contributed by atoms with van der Waals surface area (Å²) in [5.74, 6) is -1.69. The molecule has 1 aliphatic heterocycles. The topological polar surface area (TPSA) is 112 Å². The Balaban J connectivity index is 1.40. The van der Waals surface area contributed by atoms with E-state index in [0.29, 0.717) is 22.1 Å². The maximum atomic E-state index is 13.0. The van der Waals surface area contributed by atoms with E-state index in [2.05, 4.69) is 33.2 Å². The monoisotopic (exact) mass is 489 g/mol. The zero-order valence-corrected chi connectivity index (χ0v) is 20.0. The van der Waals surface area contributed by atoms with Crippen molar-refractivity contribution in [1.29, 1.82) is 0 Å². The number of nitrogens with one attached hydrogen (secondary N) is 4. The van der Waals surface area contributed by atoms with Crippen molar-refractivity contribution in [3.8, 4) is 0 Å². The van der Waals surface area contributed by atoms with Crippen LogP contribution in [-0.2, 0) is 16.0 Å². The zero-order valence-electron chi connectivity index (χ0n) is 18.4. The molecule has 0 saturated heterocycles. The lowest BCUT2D eigenvalue weighted by molar-refractivity contribution is -0.136. The van der Waals surface area contributed by atoms with Crippen LogP contribution in [0.2, 0.25) is 5.02 Å².